The molecule has 2 aromatic carbocycles. The third kappa shape index (κ3) is 5.88. The topological polar surface area (TPSA) is 125 Å². The predicted molar refractivity (Wildman–Crippen MR) is 107 cm³/mol. The Balaban J connectivity index is 2.09. The van der Waals surface area contributed by atoms with Gasteiger partial charge in [0.2, 0.25) is 10.0 Å². The Morgan fingerprint density at radius 3 is 2.59 bits per heavy atom. The van der Waals surface area contributed by atoms with Crippen molar-refractivity contribution >= 4 is 27.6 Å². The number of nitrogens with one attached hydrogen (secondary N) is 2. The average molecular weight is 415 g/mol. The Bertz CT molecular complexity index is 1040. The van der Waals surface area contributed by atoms with Crippen molar-refractivity contribution in [3.63, 3.8) is 0 Å². The van der Waals surface area contributed by atoms with Crippen molar-refractivity contribution < 1.29 is 22.7 Å². The lowest BCUT2D eigenvalue weighted by atomic mass is 10.2. The van der Waals surface area contributed by atoms with Crippen LogP contribution in [-0.4, -0.2) is 32.9 Å². The van der Waals surface area contributed by atoms with Crippen molar-refractivity contribution in [3.8, 4) is 6.07 Å². The summed E-state index contributed by atoms with van der Waals surface area (Å²) in [5.74, 6) is -1.46. The summed E-state index contributed by atoms with van der Waals surface area (Å²) in [5, 5.41) is 11.6. The van der Waals surface area contributed by atoms with Crippen molar-refractivity contribution in [2.75, 3.05) is 11.9 Å². The number of anilines is 1. The van der Waals surface area contributed by atoms with Crippen LogP contribution in [0.15, 0.2) is 53.4 Å². The van der Waals surface area contributed by atoms with Crippen LogP contribution in [0.1, 0.15) is 36.2 Å². The highest BCUT2D eigenvalue weighted by Gasteiger charge is 2.21. The number of para-hydroxylation sites is 1. The molecule has 2 N–H and O–H groups in total. The minimum atomic E-state index is -3.74. The van der Waals surface area contributed by atoms with E-state index in [1.807, 2.05) is 13.0 Å². The van der Waals surface area contributed by atoms with Crippen molar-refractivity contribution in [2.45, 2.75) is 31.3 Å². The van der Waals surface area contributed by atoms with Gasteiger partial charge in [0.05, 0.1) is 21.7 Å². The second-order valence-electron chi connectivity index (χ2n) is 6.12. The lowest BCUT2D eigenvalue weighted by molar-refractivity contribution is -0.123. The van der Waals surface area contributed by atoms with Gasteiger partial charge < -0.3 is 10.1 Å². The fourth-order valence-electron chi connectivity index (χ4n) is 2.32. The van der Waals surface area contributed by atoms with E-state index in [0.717, 1.165) is 0 Å². The molecule has 9 heteroatoms. The number of ether oxygens (including phenoxy) is 1. The van der Waals surface area contributed by atoms with Gasteiger partial charge >= 0.3 is 5.97 Å². The van der Waals surface area contributed by atoms with E-state index in [-0.39, 0.29) is 22.6 Å². The van der Waals surface area contributed by atoms with Crippen LogP contribution in [0.4, 0.5) is 5.69 Å². The molecule has 0 spiro atoms. The minimum Gasteiger partial charge on any atom is -0.449 e. The Kier molecular flexibility index (Phi) is 7.47. The molecule has 29 heavy (non-hydrogen) atoms. The standard InChI is InChI=1S/C20H21N3O5S/c1-3-11-22-29(26,27)17-9-6-8-15(12-17)20(25)28-14(2)19(24)23-18-10-5-4-7-16(18)13-21/h4-10,12,14,22H,3,11H2,1-2H3,(H,23,24)/t14-/m0/s1. The van der Waals surface area contributed by atoms with E-state index in [0.29, 0.717) is 12.1 Å². The summed E-state index contributed by atoms with van der Waals surface area (Å²) < 4.78 is 32.0. The lowest BCUT2D eigenvalue weighted by Gasteiger charge is -2.14. The zero-order valence-corrected chi connectivity index (χ0v) is 16.8. The lowest BCUT2D eigenvalue weighted by Crippen LogP contribution is -2.30. The van der Waals surface area contributed by atoms with E-state index in [1.54, 1.807) is 24.3 Å². The monoisotopic (exact) mass is 415 g/mol. The molecular formula is C20H21N3O5S. The molecule has 0 radical (unpaired) electrons. The molecule has 0 aliphatic carbocycles. The summed E-state index contributed by atoms with van der Waals surface area (Å²) in [7, 11) is -3.74. The molecule has 0 bridgehead atoms. The molecule has 0 saturated heterocycles. The quantitative estimate of drug-likeness (QED) is 0.638. The normalized spacial score (nSPS) is 11.9. The van der Waals surface area contributed by atoms with Crippen LogP contribution in [0.5, 0.6) is 0 Å². The molecule has 0 aromatic heterocycles. The molecular weight excluding hydrogens is 394 g/mol. The first-order valence-electron chi connectivity index (χ1n) is 8.89. The molecule has 152 valence electrons. The van der Waals surface area contributed by atoms with Crippen molar-refractivity contribution in [1.82, 2.24) is 4.72 Å². The van der Waals surface area contributed by atoms with Crippen LogP contribution in [0, 0.1) is 11.3 Å². The Labute approximate surface area is 169 Å². The molecule has 2 aromatic rings. The van der Waals surface area contributed by atoms with E-state index in [1.165, 1.54) is 31.2 Å². The molecule has 8 nitrogen and oxygen atoms in total. The Morgan fingerprint density at radius 2 is 1.90 bits per heavy atom. The summed E-state index contributed by atoms with van der Waals surface area (Å²) in [5.41, 5.74) is 0.580. The average Bonchev–Trinajstić information content (AvgIpc) is 2.72. The zero-order valence-electron chi connectivity index (χ0n) is 16.0. The number of hydrogen-bond donors (Lipinski definition) is 2. The molecule has 0 unspecified atom stereocenters. The molecule has 0 fully saturated rings. The van der Waals surface area contributed by atoms with Crippen molar-refractivity contribution in [3.05, 3.63) is 59.7 Å². The van der Waals surface area contributed by atoms with E-state index in [2.05, 4.69) is 10.0 Å². The SMILES string of the molecule is CCCNS(=O)(=O)c1cccc(C(=O)O[C@@H](C)C(=O)Nc2ccccc2C#N)c1. The Hall–Kier alpha value is -3.22. The van der Waals surface area contributed by atoms with E-state index >= 15 is 0 Å². The second-order valence-corrected chi connectivity index (χ2v) is 7.89. The smallest absolute Gasteiger partial charge is 0.338 e. The van der Waals surface area contributed by atoms with Gasteiger partial charge in [0.1, 0.15) is 6.07 Å². The van der Waals surface area contributed by atoms with Gasteiger partial charge in [0.15, 0.2) is 6.10 Å². The number of amides is 1. The highest BCUT2D eigenvalue weighted by Crippen LogP contribution is 2.16. The summed E-state index contributed by atoms with van der Waals surface area (Å²) in [4.78, 5) is 24.6. The number of esters is 1. The summed E-state index contributed by atoms with van der Waals surface area (Å²) in [6.07, 6.45) is -0.532. The number of carbonyl (C=O) groups is 2. The highest BCUT2D eigenvalue weighted by molar-refractivity contribution is 7.89. The van der Waals surface area contributed by atoms with E-state index in [4.69, 9.17) is 10.00 Å². The van der Waals surface area contributed by atoms with Gasteiger partial charge in [0.25, 0.3) is 5.91 Å². The molecule has 1 atom stereocenters. The maximum absolute atomic E-state index is 12.4. The second kappa shape index (κ2) is 9.82. The van der Waals surface area contributed by atoms with Gasteiger partial charge in [-0.05, 0) is 43.7 Å². The number of hydrogen-bond acceptors (Lipinski definition) is 6. The van der Waals surface area contributed by atoms with Crippen LogP contribution in [-0.2, 0) is 19.6 Å². The van der Waals surface area contributed by atoms with Gasteiger partial charge in [-0.15, -0.1) is 0 Å². The van der Waals surface area contributed by atoms with Crippen molar-refractivity contribution in [1.29, 1.82) is 5.26 Å². The van der Waals surface area contributed by atoms with Gasteiger partial charge in [0, 0.05) is 6.54 Å². The van der Waals surface area contributed by atoms with Gasteiger partial charge in [-0.2, -0.15) is 5.26 Å². The van der Waals surface area contributed by atoms with Gasteiger partial charge in [-0.25, -0.2) is 17.9 Å². The first kappa shape index (κ1) is 22.1. The van der Waals surface area contributed by atoms with Crippen molar-refractivity contribution in [2.24, 2.45) is 0 Å². The maximum Gasteiger partial charge on any atom is 0.338 e. The minimum absolute atomic E-state index is 0.00134. The Morgan fingerprint density at radius 1 is 1.17 bits per heavy atom. The highest BCUT2D eigenvalue weighted by atomic mass is 32.2. The van der Waals surface area contributed by atoms with Gasteiger partial charge in [-0.1, -0.05) is 25.1 Å². The van der Waals surface area contributed by atoms with Crippen LogP contribution in [0.25, 0.3) is 0 Å². The number of sulfonamides is 1. The largest absolute Gasteiger partial charge is 0.449 e. The zero-order chi connectivity index (χ0) is 21.4. The van der Waals surface area contributed by atoms with Crippen LogP contribution >= 0.6 is 0 Å². The van der Waals surface area contributed by atoms with Crippen LogP contribution < -0.4 is 10.0 Å². The van der Waals surface area contributed by atoms with E-state index in [9.17, 15) is 18.0 Å². The summed E-state index contributed by atoms with van der Waals surface area (Å²) in [6, 6.07) is 13.8. The number of carbonyl (C=O) groups excluding carboxylic acids is 2. The molecule has 0 saturated carbocycles. The maximum atomic E-state index is 12.4. The number of nitrogens with zero attached hydrogens (tertiary/aromatic N) is 1. The van der Waals surface area contributed by atoms with Crippen LogP contribution in [0.3, 0.4) is 0 Å². The van der Waals surface area contributed by atoms with Gasteiger partial charge in [-0.3, -0.25) is 4.79 Å². The fraction of sp³-hybridized carbons (Fsp3) is 0.250. The molecule has 1 amide bonds. The number of benzene rings is 2. The summed E-state index contributed by atoms with van der Waals surface area (Å²) in [6.45, 7) is 3.49. The molecule has 0 aliphatic rings. The third-order valence-corrected chi connectivity index (χ3v) is 5.34. The predicted octanol–water partition coefficient (Wildman–Crippen LogP) is 2.43. The molecule has 0 heterocycles. The summed E-state index contributed by atoms with van der Waals surface area (Å²) >= 11 is 0. The molecule has 0 aliphatic heterocycles. The fourth-order valence-corrected chi connectivity index (χ4v) is 3.50. The first-order valence-corrected chi connectivity index (χ1v) is 10.4. The van der Waals surface area contributed by atoms with E-state index < -0.39 is 28.0 Å². The number of rotatable bonds is 8. The molecule has 2 rings (SSSR count). The number of nitriles is 1. The van der Waals surface area contributed by atoms with Crippen LogP contribution in [0.2, 0.25) is 0 Å². The first-order chi connectivity index (χ1) is 13.8. The third-order valence-electron chi connectivity index (χ3n) is 3.88.